The zero-order valence-electron chi connectivity index (χ0n) is 13.7. The van der Waals surface area contributed by atoms with Gasteiger partial charge in [0, 0.05) is 37.3 Å². The molecule has 8 heteroatoms. The van der Waals surface area contributed by atoms with E-state index in [1.165, 1.54) is 6.42 Å². The highest BCUT2D eigenvalue weighted by atomic mass is 16.2. The van der Waals surface area contributed by atoms with E-state index >= 15 is 0 Å². The largest absolute Gasteiger partial charge is 0.347 e. The molecule has 4 rings (SSSR count). The van der Waals surface area contributed by atoms with Crippen molar-refractivity contribution in [2.75, 3.05) is 13.1 Å². The second kappa shape index (κ2) is 6.72. The van der Waals surface area contributed by atoms with Crippen molar-refractivity contribution in [3.05, 3.63) is 29.6 Å². The van der Waals surface area contributed by atoms with Crippen LogP contribution in [0.1, 0.15) is 42.5 Å². The molecular weight excluding hydrogens is 306 g/mol. The molecule has 0 radical (unpaired) electrons. The van der Waals surface area contributed by atoms with Crippen LogP contribution in [-0.4, -0.2) is 43.5 Å². The highest BCUT2D eigenvalue weighted by Gasteiger charge is 2.21. The van der Waals surface area contributed by atoms with Crippen LogP contribution < -0.4 is 10.6 Å². The van der Waals surface area contributed by atoms with E-state index in [-0.39, 0.29) is 12.5 Å². The van der Waals surface area contributed by atoms with Crippen molar-refractivity contribution in [2.24, 2.45) is 0 Å². The average Bonchev–Trinajstić information content (AvgIpc) is 3.31. The van der Waals surface area contributed by atoms with E-state index < -0.39 is 0 Å². The summed E-state index contributed by atoms with van der Waals surface area (Å²) in [6.45, 7) is 3.66. The molecule has 128 valence electrons. The number of piperidine rings is 1. The van der Waals surface area contributed by atoms with Crippen molar-refractivity contribution in [3.8, 4) is 0 Å². The molecule has 2 aromatic rings. The van der Waals surface area contributed by atoms with Crippen molar-refractivity contribution in [3.63, 3.8) is 0 Å². The van der Waals surface area contributed by atoms with Crippen molar-refractivity contribution in [1.29, 1.82) is 0 Å². The summed E-state index contributed by atoms with van der Waals surface area (Å²) in [4.78, 5) is 12.3. The molecular formula is C16H23N7O. The summed E-state index contributed by atoms with van der Waals surface area (Å²) in [5.41, 5.74) is 1.14. The summed E-state index contributed by atoms with van der Waals surface area (Å²) < 4.78 is 3.93. The number of rotatable bonds is 5. The van der Waals surface area contributed by atoms with E-state index in [4.69, 9.17) is 0 Å². The first-order valence-corrected chi connectivity index (χ1v) is 8.71. The summed E-state index contributed by atoms with van der Waals surface area (Å²) in [7, 11) is 0. The van der Waals surface area contributed by atoms with Gasteiger partial charge in [-0.25, -0.2) is 0 Å². The zero-order chi connectivity index (χ0) is 16.4. The topological polar surface area (TPSA) is 89.7 Å². The third kappa shape index (κ3) is 3.06. The Balaban J connectivity index is 1.35. The van der Waals surface area contributed by atoms with Gasteiger partial charge in [-0.15, -0.1) is 10.2 Å². The molecule has 2 aliphatic heterocycles. The fourth-order valence-electron chi connectivity index (χ4n) is 3.64. The average molecular weight is 329 g/mol. The second-order valence-corrected chi connectivity index (χ2v) is 6.52. The summed E-state index contributed by atoms with van der Waals surface area (Å²) in [5, 5.41) is 19.0. The molecule has 0 unspecified atom stereocenters. The van der Waals surface area contributed by atoms with Gasteiger partial charge in [-0.05, 0) is 31.9 Å². The minimum atomic E-state index is -0.0425. The van der Waals surface area contributed by atoms with Gasteiger partial charge in [0.05, 0.1) is 6.54 Å². The second-order valence-electron chi connectivity index (χ2n) is 6.52. The van der Waals surface area contributed by atoms with E-state index in [1.807, 2.05) is 10.7 Å². The SMILES string of the molecule is O=C(Cn1nccc1[C@@H]1CCCNC1)NCc1nnc2n1CCC2. The Morgan fingerprint density at radius 3 is 3.21 bits per heavy atom. The summed E-state index contributed by atoms with van der Waals surface area (Å²) in [6, 6.07) is 2.02. The minimum Gasteiger partial charge on any atom is -0.347 e. The number of aryl methyl sites for hydroxylation is 1. The molecule has 8 nitrogen and oxygen atoms in total. The number of hydrogen-bond acceptors (Lipinski definition) is 5. The first-order valence-electron chi connectivity index (χ1n) is 8.71. The van der Waals surface area contributed by atoms with Crippen LogP contribution in [0.15, 0.2) is 12.3 Å². The monoisotopic (exact) mass is 329 g/mol. The molecule has 2 aromatic heterocycles. The van der Waals surface area contributed by atoms with Gasteiger partial charge >= 0.3 is 0 Å². The maximum Gasteiger partial charge on any atom is 0.242 e. The van der Waals surface area contributed by atoms with E-state index in [2.05, 4.69) is 30.5 Å². The minimum absolute atomic E-state index is 0.0425. The van der Waals surface area contributed by atoms with Gasteiger partial charge in [0.2, 0.25) is 5.91 Å². The molecule has 0 bridgehead atoms. The Morgan fingerprint density at radius 1 is 1.38 bits per heavy atom. The quantitative estimate of drug-likeness (QED) is 0.818. The summed E-state index contributed by atoms with van der Waals surface area (Å²) in [5.74, 6) is 2.26. The Hall–Kier alpha value is -2.22. The Morgan fingerprint density at radius 2 is 2.33 bits per heavy atom. The van der Waals surface area contributed by atoms with Crippen LogP contribution >= 0.6 is 0 Å². The number of nitrogens with zero attached hydrogens (tertiary/aromatic N) is 5. The number of hydrogen-bond donors (Lipinski definition) is 2. The lowest BCUT2D eigenvalue weighted by Crippen LogP contribution is -2.32. The molecule has 4 heterocycles. The first kappa shape index (κ1) is 15.3. The van der Waals surface area contributed by atoms with Crippen molar-refractivity contribution in [1.82, 2.24) is 35.2 Å². The molecule has 1 fully saturated rings. The van der Waals surface area contributed by atoms with E-state index in [1.54, 1.807) is 6.20 Å². The fraction of sp³-hybridized carbons (Fsp3) is 0.625. The van der Waals surface area contributed by atoms with Gasteiger partial charge < -0.3 is 15.2 Å². The number of nitrogens with one attached hydrogen (secondary N) is 2. The Kier molecular flexibility index (Phi) is 4.29. The smallest absolute Gasteiger partial charge is 0.242 e. The summed E-state index contributed by atoms with van der Waals surface area (Å²) in [6.07, 6.45) is 6.18. The van der Waals surface area contributed by atoms with Gasteiger partial charge in [0.1, 0.15) is 12.4 Å². The number of aromatic nitrogens is 5. The third-order valence-corrected chi connectivity index (χ3v) is 4.89. The molecule has 0 aliphatic carbocycles. The molecule has 24 heavy (non-hydrogen) atoms. The maximum absolute atomic E-state index is 12.3. The number of fused-ring (bicyclic) bond motifs is 1. The normalized spacial score (nSPS) is 20.1. The van der Waals surface area contributed by atoms with Crippen molar-refractivity contribution in [2.45, 2.75) is 51.2 Å². The van der Waals surface area contributed by atoms with Crippen LogP contribution in [-0.2, 0) is 30.8 Å². The van der Waals surface area contributed by atoms with E-state index in [9.17, 15) is 4.79 Å². The van der Waals surface area contributed by atoms with Crippen LogP contribution in [0.5, 0.6) is 0 Å². The summed E-state index contributed by atoms with van der Waals surface area (Å²) >= 11 is 0. The molecule has 2 N–H and O–H groups in total. The molecule has 0 aromatic carbocycles. The van der Waals surface area contributed by atoms with E-state index in [0.29, 0.717) is 12.5 Å². The molecule has 1 atom stereocenters. The van der Waals surface area contributed by atoms with E-state index in [0.717, 1.165) is 56.2 Å². The Labute approximate surface area is 140 Å². The number of amides is 1. The van der Waals surface area contributed by atoms with Crippen LogP contribution in [0.25, 0.3) is 0 Å². The van der Waals surface area contributed by atoms with Crippen LogP contribution in [0.2, 0.25) is 0 Å². The third-order valence-electron chi connectivity index (χ3n) is 4.89. The highest BCUT2D eigenvalue weighted by Crippen LogP contribution is 2.22. The molecule has 0 saturated carbocycles. The highest BCUT2D eigenvalue weighted by molar-refractivity contribution is 5.75. The van der Waals surface area contributed by atoms with Crippen LogP contribution in [0.4, 0.5) is 0 Å². The number of carbonyl (C=O) groups is 1. The Bertz CT molecular complexity index is 714. The lowest BCUT2D eigenvalue weighted by Gasteiger charge is -2.23. The zero-order valence-corrected chi connectivity index (χ0v) is 13.7. The standard InChI is InChI=1S/C16H23N7O/c24-16(18-10-15-21-20-14-4-2-8-22(14)15)11-23-13(5-7-19-23)12-3-1-6-17-9-12/h5,7,12,17H,1-4,6,8-11H2,(H,18,24)/t12-/m1/s1. The van der Waals surface area contributed by atoms with Crippen molar-refractivity contribution >= 4 is 5.91 Å². The molecule has 0 spiro atoms. The lowest BCUT2D eigenvalue weighted by atomic mass is 9.96. The van der Waals surface area contributed by atoms with Crippen LogP contribution in [0, 0.1) is 0 Å². The van der Waals surface area contributed by atoms with Crippen molar-refractivity contribution < 1.29 is 4.79 Å². The maximum atomic E-state index is 12.3. The lowest BCUT2D eigenvalue weighted by molar-refractivity contribution is -0.122. The predicted octanol–water partition coefficient (Wildman–Crippen LogP) is 0.204. The molecule has 2 aliphatic rings. The predicted molar refractivity (Wildman–Crippen MR) is 87.3 cm³/mol. The van der Waals surface area contributed by atoms with Gasteiger partial charge in [-0.2, -0.15) is 5.10 Å². The number of carbonyl (C=O) groups excluding carboxylic acids is 1. The van der Waals surface area contributed by atoms with Gasteiger partial charge in [0.25, 0.3) is 0 Å². The first-order chi connectivity index (χ1) is 11.8. The molecule has 1 saturated heterocycles. The molecule has 1 amide bonds. The van der Waals surface area contributed by atoms with Crippen LogP contribution in [0.3, 0.4) is 0 Å². The van der Waals surface area contributed by atoms with Gasteiger partial charge in [-0.3, -0.25) is 9.48 Å². The van der Waals surface area contributed by atoms with Gasteiger partial charge in [0.15, 0.2) is 5.82 Å². The van der Waals surface area contributed by atoms with Gasteiger partial charge in [-0.1, -0.05) is 0 Å². The fourth-order valence-corrected chi connectivity index (χ4v) is 3.64.